The van der Waals surface area contributed by atoms with Crippen LogP contribution in [0.3, 0.4) is 0 Å². The molecule has 0 radical (unpaired) electrons. The first-order valence-electron chi connectivity index (χ1n) is 12.1. The van der Waals surface area contributed by atoms with Crippen LogP contribution in [0.15, 0.2) is 63.3 Å². The first kappa shape index (κ1) is 28.8. The molecule has 1 saturated carbocycles. The summed E-state index contributed by atoms with van der Waals surface area (Å²) in [6.07, 6.45) is 2.28. The minimum absolute atomic E-state index is 0.0928. The Hall–Kier alpha value is -3.23. The molecule has 6 nitrogen and oxygen atoms in total. The van der Waals surface area contributed by atoms with Crippen LogP contribution in [0.1, 0.15) is 49.4 Å². The van der Waals surface area contributed by atoms with Crippen molar-refractivity contribution in [3.63, 3.8) is 0 Å². The molecule has 0 saturated heterocycles. The van der Waals surface area contributed by atoms with E-state index in [1.807, 2.05) is 6.07 Å². The summed E-state index contributed by atoms with van der Waals surface area (Å²) in [5, 5.41) is 12.8. The number of hydrogen-bond acceptors (Lipinski definition) is 5. The number of nitrogens with one attached hydrogen (secondary N) is 1. The van der Waals surface area contributed by atoms with Crippen LogP contribution in [-0.2, 0) is 16.5 Å². The Kier molecular flexibility index (Phi) is 8.76. The number of alkyl halides is 3. The van der Waals surface area contributed by atoms with Gasteiger partial charge in [0.05, 0.1) is 23.4 Å². The van der Waals surface area contributed by atoms with E-state index in [1.54, 1.807) is 43.5 Å². The number of hydrogen-bond donors (Lipinski definition) is 1. The normalized spacial score (nSPS) is 15.1. The van der Waals surface area contributed by atoms with Gasteiger partial charge in [0, 0.05) is 26.9 Å². The molecule has 1 aromatic carbocycles. The Morgan fingerprint density at radius 2 is 1.85 bits per heavy atom. The number of aromatic nitrogens is 2. The molecule has 1 N–H and O–H groups in total. The Balaban J connectivity index is 1.65. The third-order valence-corrected chi connectivity index (χ3v) is 7.57. The number of nitrogens with zero attached hydrogens (tertiary/aromatic N) is 3. The second-order valence-corrected chi connectivity index (χ2v) is 10.8. The van der Waals surface area contributed by atoms with E-state index in [2.05, 4.69) is 47.1 Å². The lowest BCUT2D eigenvalue weighted by Gasteiger charge is -2.31. The second kappa shape index (κ2) is 11.9. The number of nitriles is 1. The monoisotopic (exact) mass is 662 g/mol. The highest BCUT2D eigenvalue weighted by Gasteiger charge is 2.38. The third-order valence-electron chi connectivity index (χ3n) is 6.50. The fourth-order valence-corrected chi connectivity index (χ4v) is 5.70. The van der Waals surface area contributed by atoms with E-state index >= 15 is 0 Å². The van der Waals surface area contributed by atoms with Gasteiger partial charge >= 0.3 is 6.18 Å². The largest absolute Gasteiger partial charge is 0.478 e. The highest BCUT2D eigenvalue weighted by molar-refractivity contribution is 9.11. The summed E-state index contributed by atoms with van der Waals surface area (Å²) in [5.41, 5.74) is 0.293. The topological polar surface area (TPSA) is 87.9 Å². The highest BCUT2D eigenvalue weighted by Crippen LogP contribution is 2.41. The Bertz CT molecular complexity index is 1440. The lowest BCUT2D eigenvalue weighted by atomic mass is 9.86. The zero-order chi connectivity index (χ0) is 28.2. The van der Waals surface area contributed by atoms with E-state index < -0.39 is 23.2 Å². The van der Waals surface area contributed by atoms with Gasteiger partial charge in [0.25, 0.3) is 5.91 Å². The van der Waals surface area contributed by atoms with Crippen molar-refractivity contribution in [3.8, 4) is 23.1 Å². The van der Waals surface area contributed by atoms with Crippen LogP contribution in [-0.4, -0.2) is 22.5 Å². The summed E-state index contributed by atoms with van der Waals surface area (Å²) >= 11 is 6.72. The van der Waals surface area contributed by atoms with E-state index in [0.29, 0.717) is 28.6 Å². The summed E-state index contributed by atoms with van der Waals surface area (Å²) in [4.78, 5) is 21.4. The van der Waals surface area contributed by atoms with Gasteiger partial charge in [-0.1, -0.05) is 37.1 Å². The zero-order valence-corrected chi connectivity index (χ0v) is 24.0. The molecule has 3 aromatic rings. The van der Waals surface area contributed by atoms with Crippen LogP contribution < -0.4 is 10.1 Å². The lowest BCUT2D eigenvalue weighted by Crippen LogP contribution is -2.44. The van der Waals surface area contributed by atoms with Gasteiger partial charge in [-0.3, -0.25) is 9.78 Å². The molecule has 0 aliphatic heterocycles. The molecular weight excluding hydrogens is 641 g/mol. The predicted octanol–water partition coefficient (Wildman–Crippen LogP) is 7.58. The molecule has 2 heterocycles. The molecule has 1 aliphatic rings. The third kappa shape index (κ3) is 6.50. The van der Waals surface area contributed by atoms with Crippen LogP contribution in [0.2, 0.25) is 0 Å². The van der Waals surface area contributed by atoms with Crippen LogP contribution in [0.5, 0.6) is 5.88 Å². The quantitative estimate of drug-likeness (QED) is 0.208. The number of pyridine rings is 2. The molecule has 1 aliphatic carbocycles. The molecular formula is C28H23Br2F3N4O2. The minimum Gasteiger partial charge on any atom is -0.478 e. The van der Waals surface area contributed by atoms with Crippen molar-refractivity contribution in [1.82, 2.24) is 15.3 Å². The number of carbonyl (C=O) groups is 1. The lowest BCUT2D eigenvalue weighted by molar-refractivity contribution is -0.137. The number of halogens is 5. The summed E-state index contributed by atoms with van der Waals surface area (Å²) < 4.78 is 46.9. The number of carbonyl (C=O) groups excluding carboxylic acids is 1. The number of benzene rings is 1. The predicted molar refractivity (Wildman–Crippen MR) is 147 cm³/mol. The van der Waals surface area contributed by atoms with Gasteiger partial charge < -0.3 is 10.1 Å². The molecule has 0 unspecified atom stereocenters. The van der Waals surface area contributed by atoms with Gasteiger partial charge in [0.2, 0.25) is 5.88 Å². The van der Waals surface area contributed by atoms with Crippen molar-refractivity contribution >= 4 is 43.8 Å². The first-order valence-corrected chi connectivity index (χ1v) is 13.7. The molecule has 39 heavy (non-hydrogen) atoms. The highest BCUT2D eigenvalue weighted by atomic mass is 79.9. The zero-order valence-electron chi connectivity index (χ0n) is 20.8. The molecule has 202 valence electrons. The van der Waals surface area contributed by atoms with Gasteiger partial charge in [-0.25, -0.2) is 4.98 Å². The van der Waals surface area contributed by atoms with E-state index in [4.69, 9.17) is 4.74 Å². The van der Waals surface area contributed by atoms with Crippen LogP contribution in [0, 0.1) is 11.3 Å². The maximum atomic E-state index is 13.4. The molecule has 0 atom stereocenters. The van der Waals surface area contributed by atoms with Crippen LogP contribution >= 0.6 is 31.9 Å². The second-order valence-electron chi connectivity index (χ2n) is 9.02. The average Bonchev–Trinajstić information content (AvgIpc) is 3.37. The molecule has 11 heteroatoms. The number of ether oxygens (including phenoxy) is 1. The van der Waals surface area contributed by atoms with E-state index in [1.165, 1.54) is 6.08 Å². The van der Waals surface area contributed by atoms with Crippen LogP contribution in [0.4, 0.5) is 13.2 Å². The Morgan fingerprint density at radius 1 is 1.15 bits per heavy atom. The fraction of sp³-hybridized carbons (Fsp3) is 0.286. The molecule has 0 spiro atoms. The van der Waals surface area contributed by atoms with Crippen molar-refractivity contribution in [2.24, 2.45) is 0 Å². The van der Waals surface area contributed by atoms with Crippen LogP contribution in [0.25, 0.3) is 17.2 Å². The first-order chi connectivity index (χ1) is 18.6. The van der Waals surface area contributed by atoms with E-state index in [0.717, 1.165) is 35.1 Å². The molecule has 2 aromatic heterocycles. The van der Waals surface area contributed by atoms with E-state index in [-0.39, 0.29) is 23.6 Å². The van der Waals surface area contributed by atoms with Crippen molar-refractivity contribution < 1.29 is 22.7 Å². The fourth-order valence-electron chi connectivity index (χ4n) is 4.60. The van der Waals surface area contributed by atoms with Gasteiger partial charge in [0.15, 0.2) is 0 Å². The average molecular weight is 664 g/mol. The molecule has 1 fully saturated rings. The maximum Gasteiger partial charge on any atom is 0.417 e. The van der Waals surface area contributed by atoms with Gasteiger partial charge in [0.1, 0.15) is 11.6 Å². The van der Waals surface area contributed by atoms with E-state index in [9.17, 15) is 23.2 Å². The molecule has 1 amide bonds. The Morgan fingerprint density at radius 3 is 2.44 bits per heavy atom. The summed E-state index contributed by atoms with van der Waals surface area (Å²) in [6.45, 7) is 1.98. The standard InChI is InChI=1S/C28H23Br2F3N4O2/c1-2-39-26-22(12-20(15-36-26)28(31,32)33)17-5-7-19(8-6-17)27(9-3-4-10-27)37-25(38)18(14-34)11-24-23(30)13-21(29)16-35-24/h5-8,11-13,15-16H,2-4,9-10H2,1H3,(H,37,38)/b18-11+. The van der Waals surface area contributed by atoms with Crippen molar-refractivity contribution in [2.75, 3.05) is 6.61 Å². The number of rotatable bonds is 7. The molecule has 4 rings (SSSR count). The minimum atomic E-state index is -4.54. The van der Waals surface area contributed by atoms with Crippen molar-refractivity contribution in [1.29, 1.82) is 5.26 Å². The SMILES string of the molecule is CCOc1ncc(C(F)(F)F)cc1-c1ccc(C2(NC(=O)/C(C#N)=C/c3ncc(Br)cc3Br)CCCC2)cc1. The van der Waals surface area contributed by atoms with Gasteiger partial charge in [-0.05, 0) is 81.0 Å². The van der Waals surface area contributed by atoms with Crippen molar-refractivity contribution in [3.05, 3.63) is 80.1 Å². The Labute approximate surface area is 240 Å². The smallest absolute Gasteiger partial charge is 0.417 e. The van der Waals surface area contributed by atoms with Gasteiger partial charge in [-0.15, -0.1) is 0 Å². The summed E-state index contributed by atoms with van der Waals surface area (Å²) in [7, 11) is 0. The van der Waals surface area contributed by atoms with Crippen molar-refractivity contribution in [2.45, 2.75) is 44.3 Å². The summed E-state index contributed by atoms with van der Waals surface area (Å²) in [6, 6.07) is 11.7. The maximum absolute atomic E-state index is 13.4. The summed E-state index contributed by atoms with van der Waals surface area (Å²) in [5.74, 6) is -0.417. The molecule has 0 bridgehead atoms. The number of amides is 1. The van der Waals surface area contributed by atoms with Gasteiger partial charge in [-0.2, -0.15) is 18.4 Å².